The van der Waals surface area contributed by atoms with E-state index in [1.807, 2.05) is 7.05 Å². The molecule has 0 spiro atoms. The van der Waals surface area contributed by atoms with E-state index >= 15 is 0 Å². The van der Waals surface area contributed by atoms with Crippen LogP contribution in [0.2, 0.25) is 0 Å². The molecule has 1 aliphatic heterocycles. The Morgan fingerprint density at radius 2 is 2.42 bits per heavy atom. The highest BCUT2D eigenvalue weighted by atomic mass is 16.5. The van der Waals surface area contributed by atoms with Crippen LogP contribution in [0.5, 0.6) is 0 Å². The van der Waals surface area contributed by atoms with E-state index in [2.05, 4.69) is 22.1 Å². The average molecular weight is 171 g/mol. The summed E-state index contributed by atoms with van der Waals surface area (Å²) in [7, 11) is 3.69. The molecule has 1 unspecified atom stereocenters. The number of rotatable bonds is 0. The Balaban J connectivity index is 2.50. The predicted octanol–water partition coefficient (Wildman–Crippen LogP) is -0.0877. The summed E-state index contributed by atoms with van der Waals surface area (Å²) < 4.78 is 5.42. The zero-order chi connectivity index (χ0) is 8.97. The Labute approximate surface area is 73.6 Å². The van der Waals surface area contributed by atoms with Gasteiger partial charge >= 0.3 is 0 Å². The molecule has 0 aromatic rings. The topological polar surface area (TPSA) is 36.9 Å². The third kappa shape index (κ3) is 2.11. The highest BCUT2D eigenvalue weighted by Crippen LogP contribution is 2.03. The number of nitrogens with one attached hydrogen (secondary N) is 1. The predicted molar refractivity (Wildman–Crippen MR) is 49.4 cm³/mol. The molecule has 0 amide bonds. The maximum absolute atomic E-state index is 5.42. The Morgan fingerprint density at radius 1 is 1.67 bits per heavy atom. The van der Waals surface area contributed by atoms with Crippen molar-refractivity contribution in [2.24, 2.45) is 4.99 Å². The lowest BCUT2D eigenvalue weighted by atomic mass is 10.3. The largest absolute Gasteiger partial charge is 0.375 e. The van der Waals surface area contributed by atoms with Gasteiger partial charge in [-0.05, 0) is 6.92 Å². The molecular weight excluding hydrogens is 154 g/mol. The Bertz CT molecular complexity index is 170. The second kappa shape index (κ2) is 4.30. The molecule has 4 heteroatoms. The molecule has 70 valence electrons. The molecule has 1 fully saturated rings. The summed E-state index contributed by atoms with van der Waals surface area (Å²) in [5.41, 5.74) is 0. The minimum absolute atomic E-state index is 0.309. The molecule has 1 aliphatic rings. The third-order valence-corrected chi connectivity index (χ3v) is 1.98. The van der Waals surface area contributed by atoms with E-state index in [1.54, 1.807) is 7.05 Å². The molecule has 0 radical (unpaired) electrons. The lowest BCUT2D eigenvalue weighted by Crippen LogP contribution is -2.48. The van der Waals surface area contributed by atoms with Crippen LogP contribution in [0.25, 0.3) is 0 Å². The Morgan fingerprint density at radius 3 is 2.92 bits per heavy atom. The zero-order valence-electron chi connectivity index (χ0n) is 8.00. The molecule has 4 nitrogen and oxygen atoms in total. The third-order valence-electron chi connectivity index (χ3n) is 1.98. The fourth-order valence-corrected chi connectivity index (χ4v) is 1.42. The monoisotopic (exact) mass is 171 g/mol. The first-order chi connectivity index (χ1) is 5.77. The van der Waals surface area contributed by atoms with Gasteiger partial charge in [0.2, 0.25) is 0 Å². The van der Waals surface area contributed by atoms with Crippen molar-refractivity contribution in [3.05, 3.63) is 0 Å². The lowest BCUT2D eigenvalue weighted by molar-refractivity contribution is 0.00477. The van der Waals surface area contributed by atoms with E-state index in [9.17, 15) is 0 Å². The van der Waals surface area contributed by atoms with E-state index in [0.29, 0.717) is 6.10 Å². The van der Waals surface area contributed by atoms with E-state index in [-0.39, 0.29) is 0 Å². The number of guanidine groups is 1. The van der Waals surface area contributed by atoms with Crippen molar-refractivity contribution < 1.29 is 4.74 Å². The summed E-state index contributed by atoms with van der Waals surface area (Å²) >= 11 is 0. The van der Waals surface area contributed by atoms with Gasteiger partial charge in [0.1, 0.15) is 0 Å². The van der Waals surface area contributed by atoms with Gasteiger partial charge in [-0.3, -0.25) is 4.99 Å². The molecule has 0 aromatic heterocycles. The quantitative estimate of drug-likeness (QED) is 0.409. The molecular formula is C8H17N3O. The van der Waals surface area contributed by atoms with E-state index in [4.69, 9.17) is 4.74 Å². The molecule has 1 rings (SSSR count). The smallest absolute Gasteiger partial charge is 0.193 e. The zero-order valence-corrected chi connectivity index (χ0v) is 8.00. The number of hydrogen-bond donors (Lipinski definition) is 1. The maximum atomic E-state index is 5.42. The fourth-order valence-electron chi connectivity index (χ4n) is 1.42. The van der Waals surface area contributed by atoms with Gasteiger partial charge in [-0.2, -0.15) is 0 Å². The number of hydrogen-bond acceptors (Lipinski definition) is 2. The van der Waals surface area contributed by atoms with Gasteiger partial charge in [-0.1, -0.05) is 0 Å². The lowest BCUT2D eigenvalue weighted by Gasteiger charge is -2.32. The molecule has 1 saturated heterocycles. The number of ether oxygens (including phenoxy) is 1. The molecule has 1 N–H and O–H groups in total. The van der Waals surface area contributed by atoms with Crippen LogP contribution in [0, 0.1) is 0 Å². The van der Waals surface area contributed by atoms with E-state index in [0.717, 1.165) is 25.7 Å². The second-order valence-corrected chi connectivity index (χ2v) is 2.92. The molecule has 0 bridgehead atoms. The van der Waals surface area contributed by atoms with E-state index in [1.165, 1.54) is 0 Å². The van der Waals surface area contributed by atoms with Crippen LogP contribution in [-0.4, -0.2) is 50.8 Å². The molecule has 1 atom stereocenters. The molecule has 1 heterocycles. The summed E-state index contributed by atoms with van der Waals surface area (Å²) in [5, 5.41) is 3.06. The van der Waals surface area contributed by atoms with E-state index < -0.39 is 0 Å². The van der Waals surface area contributed by atoms with Crippen LogP contribution in [-0.2, 0) is 4.74 Å². The minimum Gasteiger partial charge on any atom is -0.375 e. The van der Waals surface area contributed by atoms with Crippen molar-refractivity contribution >= 4 is 5.96 Å². The van der Waals surface area contributed by atoms with Gasteiger partial charge in [-0.15, -0.1) is 0 Å². The highest BCUT2D eigenvalue weighted by molar-refractivity contribution is 5.79. The summed E-state index contributed by atoms with van der Waals surface area (Å²) in [6.07, 6.45) is 0.309. The van der Waals surface area contributed by atoms with Crippen molar-refractivity contribution in [1.82, 2.24) is 10.2 Å². The molecule has 12 heavy (non-hydrogen) atoms. The van der Waals surface area contributed by atoms with Gasteiger partial charge < -0.3 is 15.0 Å². The number of aliphatic imine (C=N–C) groups is 1. The first-order valence-electron chi connectivity index (χ1n) is 4.29. The Kier molecular flexibility index (Phi) is 3.34. The van der Waals surface area contributed by atoms with Crippen LogP contribution in [0.15, 0.2) is 4.99 Å². The van der Waals surface area contributed by atoms with Crippen LogP contribution >= 0.6 is 0 Å². The first-order valence-corrected chi connectivity index (χ1v) is 4.29. The summed E-state index contributed by atoms with van der Waals surface area (Å²) in [6, 6.07) is 0. The SMILES string of the molecule is CN=C(NC)N1CCOC(C)C1. The van der Waals surface area contributed by atoms with Crippen LogP contribution in [0.4, 0.5) is 0 Å². The van der Waals surface area contributed by atoms with Gasteiger partial charge in [0.15, 0.2) is 5.96 Å². The second-order valence-electron chi connectivity index (χ2n) is 2.92. The van der Waals surface area contributed by atoms with Crippen molar-refractivity contribution in [2.75, 3.05) is 33.8 Å². The van der Waals surface area contributed by atoms with Gasteiger partial charge in [0, 0.05) is 27.2 Å². The van der Waals surface area contributed by atoms with Gasteiger partial charge in [0.05, 0.1) is 12.7 Å². The first kappa shape index (κ1) is 9.32. The number of morpholine rings is 1. The van der Waals surface area contributed by atoms with Gasteiger partial charge in [0.25, 0.3) is 0 Å². The fraction of sp³-hybridized carbons (Fsp3) is 0.875. The number of nitrogens with zero attached hydrogens (tertiary/aromatic N) is 2. The summed E-state index contributed by atoms with van der Waals surface area (Å²) in [5.74, 6) is 0.949. The van der Waals surface area contributed by atoms with Crippen molar-refractivity contribution in [3.8, 4) is 0 Å². The molecule has 0 aromatic carbocycles. The highest BCUT2D eigenvalue weighted by Gasteiger charge is 2.18. The molecule has 0 aliphatic carbocycles. The van der Waals surface area contributed by atoms with Crippen molar-refractivity contribution in [3.63, 3.8) is 0 Å². The van der Waals surface area contributed by atoms with Crippen LogP contribution < -0.4 is 5.32 Å². The normalized spacial score (nSPS) is 25.8. The maximum Gasteiger partial charge on any atom is 0.193 e. The van der Waals surface area contributed by atoms with Crippen molar-refractivity contribution in [2.45, 2.75) is 13.0 Å². The molecule has 0 saturated carbocycles. The standard InChI is InChI=1S/C8H17N3O/c1-7-6-11(4-5-12-7)8(9-2)10-3/h7H,4-6H2,1-3H3,(H,9,10). The summed E-state index contributed by atoms with van der Waals surface area (Å²) in [6.45, 7) is 4.72. The van der Waals surface area contributed by atoms with Crippen molar-refractivity contribution in [1.29, 1.82) is 0 Å². The minimum atomic E-state index is 0.309. The summed E-state index contributed by atoms with van der Waals surface area (Å²) in [4.78, 5) is 6.34. The van der Waals surface area contributed by atoms with Gasteiger partial charge in [-0.25, -0.2) is 0 Å². The van der Waals surface area contributed by atoms with Crippen LogP contribution in [0.3, 0.4) is 0 Å². The van der Waals surface area contributed by atoms with Crippen LogP contribution in [0.1, 0.15) is 6.92 Å². The average Bonchev–Trinajstić information content (AvgIpc) is 2.07. The Hall–Kier alpha value is -0.770.